The van der Waals surface area contributed by atoms with E-state index in [1.807, 2.05) is 6.92 Å². The molecule has 0 saturated heterocycles. The summed E-state index contributed by atoms with van der Waals surface area (Å²) in [7, 11) is 0. The lowest BCUT2D eigenvalue weighted by molar-refractivity contribution is -0.143. The number of amides is 1. The van der Waals surface area contributed by atoms with Crippen LogP contribution in [0.3, 0.4) is 0 Å². The molecule has 0 saturated carbocycles. The number of esters is 1. The number of nitrogens with one attached hydrogen (secondary N) is 1. The van der Waals surface area contributed by atoms with Gasteiger partial charge in [0.2, 0.25) is 5.91 Å². The highest BCUT2D eigenvalue weighted by molar-refractivity contribution is 5.88. The summed E-state index contributed by atoms with van der Waals surface area (Å²) < 4.78 is 4.92. The topological polar surface area (TPSA) is 81.4 Å². The average molecular weight is 242 g/mol. The van der Waals surface area contributed by atoms with Crippen molar-refractivity contribution in [1.82, 2.24) is 5.32 Å². The number of ether oxygens (including phenoxy) is 1. The van der Waals surface area contributed by atoms with Crippen LogP contribution >= 0.6 is 0 Å². The van der Waals surface area contributed by atoms with Gasteiger partial charge in [0.05, 0.1) is 0 Å². The van der Waals surface area contributed by atoms with Gasteiger partial charge in [-0.3, -0.25) is 10.5 Å². The maximum Gasteiger partial charge on any atom is 0.335 e. The molecular formula is C12H22N2O3. The van der Waals surface area contributed by atoms with E-state index in [1.54, 1.807) is 13.8 Å². The summed E-state index contributed by atoms with van der Waals surface area (Å²) in [6, 6.07) is 0. The van der Waals surface area contributed by atoms with E-state index in [1.165, 1.54) is 6.92 Å². The molecule has 3 N–H and O–H groups in total. The minimum Gasteiger partial charge on any atom is -0.444 e. The molecule has 0 aromatic rings. The fraction of sp³-hybridized carbons (Fsp3) is 0.667. The highest BCUT2D eigenvalue weighted by Crippen LogP contribution is 2.14. The lowest BCUT2D eigenvalue weighted by Gasteiger charge is -2.12. The van der Waals surface area contributed by atoms with Gasteiger partial charge in [0, 0.05) is 19.0 Å². The maximum atomic E-state index is 11.6. The second-order valence-corrected chi connectivity index (χ2v) is 3.93. The number of rotatable bonds is 6. The molecular weight excluding hydrogens is 220 g/mol. The first-order valence-electron chi connectivity index (χ1n) is 5.78. The normalized spacial score (nSPS) is 13.7. The van der Waals surface area contributed by atoms with E-state index >= 15 is 0 Å². The van der Waals surface area contributed by atoms with Gasteiger partial charge in [0.1, 0.15) is 6.23 Å². The molecule has 0 aliphatic heterocycles. The van der Waals surface area contributed by atoms with Crippen molar-refractivity contribution in [2.45, 2.75) is 46.8 Å². The van der Waals surface area contributed by atoms with Crippen LogP contribution in [0.1, 0.15) is 40.5 Å². The van der Waals surface area contributed by atoms with Crippen LogP contribution in [0.4, 0.5) is 0 Å². The van der Waals surface area contributed by atoms with Gasteiger partial charge in [-0.1, -0.05) is 12.5 Å². The first-order chi connectivity index (χ1) is 7.88. The zero-order valence-electron chi connectivity index (χ0n) is 11.0. The zero-order chi connectivity index (χ0) is 13.4. The smallest absolute Gasteiger partial charge is 0.335 e. The average Bonchev–Trinajstić information content (AvgIpc) is 2.22. The highest BCUT2D eigenvalue weighted by atomic mass is 16.6. The van der Waals surface area contributed by atoms with Gasteiger partial charge in [0.15, 0.2) is 0 Å². The monoisotopic (exact) mass is 242 g/mol. The third-order valence-corrected chi connectivity index (χ3v) is 2.36. The zero-order valence-corrected chi connectivity index (χ0v) is 11.0. The largest absolute Gasteiger partial charge is 0.444 e. The summed E-state index contributed by atoms with van der Waals surface area (Å²) in [5.74, 6) is -0.462. The van der Waals surface area contributed by atoms with Gasteiger partial charge >= 0.3 is 5.97 Å². The van der Waals surface area contributed by atoms with Crippen LogP contribution in [0.25, 0.3) is 0 Å². The van der Waals surface area contributed by atoms with E-state index in [-0.39, 0.29) is 11.9 Å². The van der Waals surface area contributed by atoms with E-state index < -0.39 is 6.23 Å². The minimum atomic E-state index is -0.606. The molecule has 1 atom stereocenters. The predicted octanol–water partition coefficient (Wildman–Crippen LogP) is 1.09. The van der Waals surface area contributed by atoms with Gasteiger partial charge in [0.25, 0.3) is 0 Å². The number of nitrogens with two attached hydrogens (primary N) is 1. The number of hydrogen-bond donors (Lipinski definition) is 2. The fourth-order valence-electron chi connectivity index (χ4n) is 1.42. The molecule has 0 aromatic heterocycles. The van der Waals surface area contributed by atoms with Crippen LogP contribution in [0, 0.1) is 0 Å². The summed E-state index contributed by atoms with van der Waals surface area (Å²) >= 11 is 0. The summed E-state index contributed by atoms with van der Waals surface area (Å²) in [5, 5.41) is 2.69. The van der Waals surface area contributed by atoms with Gasteiger partial charge < -0.3 is 10.1 Å². The van der Waals surface area contributed by atoms with E-state index in [4.69, 9.17) is 10.5 Å². The van der Waals surface area contributed by atoms with Gasteiger partial charge in [-0.05, 0) is 26.7 Å². The molecule has 0 rings (SSSR count). The summed E-state index contributed by atoms with van der Waals surface area (Å²) in [4.78, 5) is 22.3. The van der Waals surface area contributed by atoms with Crippen molar-refractivity contribution in [1.29, 1.82) is 0 Å². The molecule has 1 unspecified atom stereocenters. The first-order valence-corrected chi connectivity index (χ1v) is 5.78. The molecule has 5 nitrogen and oxygen atoms in total. The summed E-state index contributed by atoms with van der Waals surface area (Å²) in [6.45, 7) is 7.28. The Kier molecular flexibility index (Phi) is 7.21. The number of carbonyl (C=O) groups excluding carboxylic acids is 2. The predicted molar refractivity (Wildman–Crippen MR) is 66.0 cm³/mol. The van der Waals surface area contributed by atoms with Crippen molar-refractivity contribution in [3.63, 3.8) is 0 Å². The first kappa shape index (κ1) is 15.6. The van der Waals surface area contributed by atoms with Crippen LogP contribution in [-0.4, -0.2) is 24.6 Å². The molecule has 0 aromatic carbocycles. The van der Waals surface area contributed by atoms with Crippen molar-refractivity contribution in [2.24, 2.45) is 5.73 Å². The quantitative estimate of drug-likeness (QED) is 0.415. The molecule has 0 bridgehead atoms. The van der Waals surface area contributed by atoms with Crippen LogP contribution < -0.4 is 11.1 Å². The van der Waals surface area contributed by atoms with E-state index in [9.17, 15) is 9.59 Å². The lowest BCUT2D eigenvalue weighted by atomic mass is 10.0. The molecule has 0 spiro atoms. The molecule has 17 heavy (non-hydrogen) atoms. The SMILES string of the molecule is CC/C(CCNC(C)=O)=C(\C)C(=O)OC(C)N. The van der Waals surface area contributed by atoms with E-state index in [0.717, 1.165) is 12.0 Å². The Balaban J connectivity index is 4.47. The molecule has 0 radical (unpaired) electrons. The Bertz CT molecular complexity index is 309. The van der Waals surface area contributed by atoms with Crippen LogP contribution in [0.2, 0.25) is 0 Å². The Hall–Kier alpha value is -1.36. The van der Waals surface area contributed by atoms with Crippen LogP contribution in [-0.2, 0) is 14.3 Å². The Morgan fingerprint density at radius 2 is 1.94 bits per heavy atom. The molecule has 98 valence electrons. The molecule has 0 aliphatic rings. The third-order valence-electron chi connectivity index (χ3n) is 2.36. The van der Waals surface area contributed by atoms with Crippen molar-refractivity contribution >= 4 is 11.9 Å². The second kappa shape index (κ2) is 7.84. The fourth-order valence-corrected chi connectivity index (χ4v) is 1.42. The second-order valence-electron chi connectivity index (χ2n) is 3.93. The van der Waals surface area contributed by atoms with Crippen molar-refractivity contribution in [2.75, 3.05) is 6.54 Å². The van der Waals surface area contributed by atoms with E-state index in [2.05, 4.69) is 5.32 Å². The maximum absolute atomic E-state index is 11.6. The van der Waals surface area contributed by atoms with Crippen molar-refractivity contribution < 1.29 is 14.3 Å². The van der Waals surface area contributed by atoms with Crippen LogP contribution in [0.5, 0.6) is 0 Å². The summed E-state index contributed by atoms with van der Waals surface area (Å²) in [6.07, 6.45) is 0.793. The van der Waals surface area contributed by atoms with E-state index in [0.29, 0.717) is 18.5 Å². The molecule has 0 fully saturated rings. The van der Waals surface area contributed by atoms with Crippen LogP contribution in [0.15, 0.2) is 11.1 Å². The summed E-state index contributed by atoms with van der Waals surface area (Å²) in [5.41, 5.74) is 6.95. The van der Waals surface area contributed by atoms with Gasteiger partial charge in [-0.25, -0.2) is 4.79 Å². The molecule has 0 aliphatic carbocycles. The van der Waals surface area contributed by atoms with Crippen molar-refractivity contribution in [3.8, 4) is 0 Å². The Morgan fingerprint density at radius 3 is 2.35 bits per heavy atom. The van der Waals surface area contributed by atoms with Gasteiger partial charge in [-0.2, -0.15) is 0 Å². The molecule has 0 heterocycles. The highest BCUT2D eigenvalue weighted by Gasteiger charge is 2.12. The Labute approximate surface area is 102 Å². The standard InChI is InChI=1S/C12H22N2O3/c1-5-11(6-7-14-10(4)15)8(2)12(16)17-9(3)13/h9H,5-7,13H2,1-4H3,(H,14,15)/b11-8-. The minimum absolute atomic E-state index is 0.0729. The number of hydrogen-bond acceptors (Lipinski definition) is 4. The molecule has 1 amide bonds. The van der Waals surface area contributed by atoms with Crippen molar-refractivity contribution in [3.05, 3.63) is 11.1 Å². The number of carbonyl (C=O) groups is 2. The third kappa shape index (κ3) is 6.73. The van der Waals surface area contributed by atoms with Gasteiger partial charge in [-0.15, -0.1) is 0 Å². The lowest BCUT2D eigenvalue weighted by Crippen LogP contribution is -2.25. The molecule has 5 heteroatoms. The Morgan fingerprint density at radius 1 is 1.35 bits per heavy atom.